The van der Waals surface area contributed by atoms with Gasteiger partial charge in [-0.2, -0.15) is 0 Å². The number of rotatable bonds is 2. The number of nitrogens with zero attached hydrogens (tertiary/aromatic N) is 1. The van der Waals surface area contributed by atoms with Gasteiger partial charge in [0.2, 0.25) is 5.91 Å². The summed E-state index contributed by atoms with van der Waals surface area (Å²) in [6.07, 6.45) is 0.524. The fourth-order valence-corrected chi connectivity index (χ4v) is 2.43. The molecule has 1 fully saturated rings. The number of piperazine rings is 1. The smallest absolute Gasteiger partial charge is 0.256 e. The van der Waals surface area contributed by atoms with E-state index in [0.717, 1.165) is 6.07 Å². The first kappa shape index (κ1) is 13.8. The molecule has 1 aromatic carbocycles. The summed E-state index contributed by atoms with van der Waals surface area (Å²) in [4.78, 5) is 25.6. The molecule has 1 unspecified atom stereocenters. The van der Waals surface area contributed by atoms with Crippen molar-refractivity contribution in [2.75, 3.05) is 13.1 Å². The van der Waals surface area contributed by atoms with Crippen molar-refractivity contribution >= 4 is 23.4 Å². The Hall–Kier alpha value is -1.62. The maximum absolute atomic E-state index is 13.0. The van der Waals surface area contributed by atoms with Gasteiger partial charge in [0.1, 0.15) is 11.9 Å². The average Bonchev–Trinajstić information content (AvgIpc) is 2.37. The van der Waals surface area contributed by atoms with Crippen LogP contribution in [0.2, 0.25) is 5.02 Å². The van der Waals surface area contributed by atoms with E-state index in [0.29, 0.717) is 19.5 Å². The van der Waals surface area contributed by atoms with E-state index < -0.39 is 11.9 Å². The zero-order valence-corrected chi connectivity index (χ0v) is 11.2. The molecule has 1 atom stereocenters. The fourth-order valence-electron chi connectivity index (χ4n) is 2.18. The molecular weight excluding hydrogens is 271 g/mol. The standard InChI is InChI=1S/C13H14ClFN2O2/c1-2-11-12(18)16-5-6-17(11)13(19)9-4-3-8(15)7-10(9)14/h3-4,7,11H,2,5-6H2,1H3,(H,16,18). The first-order chi connectivity index (χ1) is 9.04. The predicted molar refractivity (Wildman–Crippen MR) is 69.5 cm³/mol. The van der Waals surface area contributed by atoms with Gasteiger partial charge in [0.05, 0.1) is 10.6 Å². The number of hydrogen-bond acceptors (Lipinski definition) is 2. The summed E-state index contributed by atoms with van der Waals surface area (Å²) in [5, 5.41) is 2.78. The lowest BCUT2D eigenvalue weighted by molar-refractivity contribution is -0.127. The normalized spacial score (nSPS) is 19.2. The number of carbonyl (C=O) groups excluding carboxylic acids is 2. The third kappa shape index (κ3) is 2.71. The van der Waals surface area contributed by atoms with Gasteiger partial charge in [0.25, 0.3) is 5.91 Å². The Morgan fingerprint density at radius 1 is 1.58 bits per heavy atom. The van der Waals surface area contributed by atoms with E-state index in [-0.39, 0.29) is 22.4 Å². The van der Waals surface area contributed by atoms with Gasteiger partial charge in [0, 0.05) is 13.1 Å². The Morgan fingerprint density at radius 3 is 2.95 bits per heavy atom. The van der Waals surface area contributed by atoms with E-state index >= 15 is 0 Å². The van der Waals surface area contributed by atoms with Gasteiger partial charge in [-0.25, -0.2) is 4.39 Å². The maximum atomic E-state index is 13.0. The highest BCUT2D eigenvalue weighted by Gasteiger charge is 2.32. The lowest BCUT2D eigenvalue weighted by Gasteiger charge is -2.34. The molecule has 1 aliphatic rings. The Morgan fingerprint density at radius 2 is 2.32 bits per heavy atom. The second-order valence-corrected chi connectivity index (χ2v) is 4.74. The summed E-state index contributed by atoms with van der Waals surface area (Å²) < 4.78 is 13.0. The molecule has 1 aromatic rings. The molecule has 0 radical (unpaired) electrons. The summed E-state index contributed by atoms with van der Waals surface area (Å²) >= 11 is 5.88. The number of nitrogens with one attached hydrogen (secondary N) is 1. The van der Waals surface area contributed by atoms with E-state index in [1.807, 2.05) is 6.92 Å². The summed E-state index contributed by atoms with van der Waals surface area (Å²) in [6.45, 7) is 2.68. The Balaban J connectivity index is 2.29. The van der Waals surface area contributed by atoms with Gasteiger partial charge in [-0.1, -0.05) is 18.5 Å². The topological polar surface area (TPSA) is 49.4 Å². The van der Waals surface area contributed by atoms with Crippen LogP contribution in [0.25, 0.3) is 0 Å². The van der Waals surface area contributed by atoms with E-state index in [9.17, 15) is 14.0 Å². The summed E-state index contributed by atoms with van der Waals surface area (Å²) in [7, 11) is 0. The van der Waals surface area contributed by atoms with E-state index in [1.54, 1.807) is 0 Å². The van der Waals surface area contributed by atoms with Crippen molar-refractivity contribution in [3.8, 4) is 0 Å². The Kier molecular flexibility index (Phi) is 4.04. The van der Waals surface area contributed by atoms with Crippen LogP contribution in [-0.4, -0.2) is 35.8 Å². The highest BCUT2D eigenvalue weighted by molar-refractivity contribution is 6.33. The van der Waals surface area contributed by atoms with Gasteiger partial charge in [-0.15, -0.1) is 0 Å². The van der Waals surface area contributed by atoms with Gasteiger partial charge in [-0.05, 0) is 24.6 Å². The van der Waals surface area contributed by atoms with Gasteiger partial charge in [-0.3, -0.25) is 9.59 Å². The molecule has 19 heavy (non-hydrogen) atoms. The average molecular weight is 285 g/mol. The molecule has 0 spiro atoms. The molecule has 0 aromatic heterocycles. The van der Waals surface area contributed by atoms with Crippen LogP contribution < -0.4 is 5.32 Å². The lowest BCUT2D eigenvalue weighted by Crippen LogP contribution is -2.56. The van der Waals surface area contributed by atoms with Crippen LogP contribution in [0.1, 0.15) is 23.7 Å². The van der Waals surface area contributed by atoms with Crippen LogP contribution in [-0.2, 0) is 4.79 Å². The number of hydrogen-bond donors (Lipinski definition) is 1. The molecule has 1 N–H and O–H groups in total. The fraction of sp³-hybridized carbons (Fsp3) is 0.385. The van der Waals surface area contributed by atoms with Crippen LogP contribution in [0.15, 0.2) is 18.2 Å². The van der Waals surface area contributed by atoms with Crippen molar-refractivity contribution in [3.05, 3.63) is 34.6 Å². The van der Waals surface area contributed by atoms with Gasteiger partial charge in [0.15, 0.2) is 0 Å². The van der Waals surface area contributed by atoms with Crippen LogP contribution >= 0.6 is 11.6 Å². The van der Waals surface area contributed by atoms with Crippen LogP contribution in [0, 0.1) is 5.82 Å². The lowest BCUT2D eigenvalue weighted by atomic mass is 10.1. The van der Waals surface area contributed by atoms with Gasteiger partial charge < -0.3 is 10.2 Å². The largest absolute Gasteiger partial charge is 0.353 e. The van der Waals surface area contributed by atoms with Crippen molar-refractivity contribution in [2.24, 2.45) is 0 Å². The minimum atomic E-state index is -0.498. The zero-order chi connectivity index (χ0) is 14.0. The van der Waals surface area contributed by atoms with Gasteiger partial charge >= 0.3 is 0 Å². The highest BCUT2D eigenvalue weighted by atomic mass is 35.5. The number of benzene rings is 1. The maximum Gasteiger partial charge on any atom is 0.256 e. The molecule has 1 aliphatic heterocycles. The molecule has 2 rings (SSSR count). The highest BCUT2D eigenvalue weighted by Crippen LogP contribution is 2.21. The number of amides is 2. The predicted octanol–water partition coefficient (Wildman–Crippen LogP) is 1.83. The second kappa shape index (κ2) is 5.57. The third-order valence-corrected chi connectivity index (χ3v) is 3.45. The molecule has 0 saturated carbocycles. The molecule has 102 valence electrons. The number of halogens is 2. The molecular formula is C13H14ClFN2O2. The van der Waals surface area contributed by atoms with Crippen LogP contribution in [0.3, 0.4) is 0 Å². The molecule has 0 bridgehead atoms. The molecule has 4 nitrogen and oxygen atoms in total. The van der Waals surface area contributed by atoms with Crippen molar-refractivity contribution in [1.82, 2.24) is 10.2 Å². The first-order valence-corrected chi connectivity index (χ1v) is 6.46. The molecule has 2 amide bonds. The quantitative estimate of drug-likeness (QED) is 0.901. The van der Waals surface area contributed by atoms with Crippen LogP contribution in [0.5, 0.6) is 0 Å². The van der Waals surface area contributed by atoms with Crippen molar-refractivity contribution in [2.45, 2.75) is 19.4 Å². The second-order valence-electron chi connectivity index (χ2n) is 4.34. The molecule has 1 heterocycles. The Labute approximate surface area is 115 Å². The van der Waals surface area contributed by atoms with E-state index in [4.69, 9.17) is 11.6 Å². The summed E-state index contributed by atoms with van der Waals surface area (Å²) in [5.41, 5.74) is 0.219. The van der Waals surface area contributed by atoms with E-state index in [1.165, 1.54) is 17.0 Å². The van der Waals surface area contributed by atoms with E-state index in [2.05, 4.69) is 5.32 Å². The molecule has 0 aliphatic carbocycles. The third-order valence-electron chi connectivity index (χ3n) is 3.14. The van der Waals surface area contributed by atoms with Crippen molar-refractivity contribution in [3.63, 3.8) is 0 Å². The monoisotopic (exact) mass is 284 g/mol. The SMILES string of the molecule is CCC1C(=O)NCCN1C(=O)c1ccc(F)cc1Cl. The summed E-state index contributed by atoms with van der Waals surface area (Å²) in [5.74, 6) is -1.00. The molecule has 1 saturated heterocycles. The Bertz CT molecular complexity index is 521. The number of carbonyl (C=O) groups is 2. The van der Waals surface area contributed by atoms with Crippen LogP contribution in [0.4, 0.5) is 4.39 Å². The molecule has 6 heteroatoms. The first-order valence-electron chi connectivity index (χ1n) is 6.08. The summed E-state index contributed by atoms with van der Waals surface area (Å²) in [6, 6.07) is 3.13. The minimum absolute atomic E-state index is 0.0610. The minimum Gasteiger partial charge on any atom is -0.353 e. The van der Waals surface area contributed by atoms with Crippen molar-refractivity contribution in [1.29, 1.82) is 0 Å². The zero-order valence-electron chi connectivity index (χ0n) is 10.5. The van der Waals surface area contributed by atoms with Crippen molar-refractivity contribution < 1.29 is 14.0 Å².